The van der Waals surface area contributed by atoms with Crippen molar-refractivity contribution in [3.8, 4) is 5.75 Å². The van der Waals surface area contributed by atoms with E-state index in [1.54, 1.807) is 26.0 Å². The Kier molecular flexibility index (Phi) is 5.92. The van der Waals surface area contributed by atoms with Gasteiger partial charge in [0.25, 0.3) is 11.6 Å². The fraction of sp³-hybridized carbons (Fsp3) is 0.158. The summed E-state index contributed by atoms with van der Waals surface area (Å²) in [4.78, 5) is 34.7. The summed E-state index contributed by atoms with van der Waals surface area (Å²) in [5.74, 6) is -2.11. The molecule has 0 aliphatic heterocycles. The number of nitro benzene ring substituents is 1. The van der Waals surface area contributed by atoms with Gasteiger partial charge in [-0.15, -0.1) is 0 Å². The van der Waals surface area contributed by atoms with Crippen LogP contribution < -0.4 is 10.1 Å². The second-order valence-corrected chi connectivity index (χ2v) is 5.79. The summed E-state index contributed by atoms with van der Waals surface area (Å²) < 4.78 is 5.03. The van der Waals surface area contributed by atoms with E-state index >= 15 is 0 Å². The van der Waals surface area contributed by atoms with E-state index in [1.807, 2.05) is 0 Å². The van der Waals surface area contributed by atoms with Gasteiger partial charge >= 0.3 is 0 Å². The molecule has 0 aliphatic carbocycles. The SMILES string of the molecule is COc1cccc(/C(O)=C/C(=O)C(=O)Nc2cc(C)c(C)cc2[N+](=O)[O-])c1. The van der Waals surface area contributed by atoms with Crippen molar-refractivity contribution in [2.45, 2.75) is 13.8 Å². The van der Waals surface area contributed by atoms with Crippen LogP contribution in [-0.2, 0) is 9.59 Å². The Morgan fingerprint density at radius 1 is 1.19 bits per heavy atom. The highest BCUT2D eigenvalue weighted by molar-refractivity contribution is 6.45. The van der Waals surface area contributed by atoms with Crippen molar-refractivity contribution in [2.75, 3.05) is 12.4 Å². The number of hydrogen-bond acceptors (Lipinski definition) is 6. The molecule has 0 saturated heterocycles. The molecule has 0 spiro atoms. The minimum Gasteiger partial charge on any atom is -0.507 e. The molecule has 0 aromatic heterocycles. The van der Waals surface area contributed by atoms with E-state index in [4.69, 9.17) is 4.74 Å². The second-order valence-electron chi connectivity index (χ2n) is 5.79. The molecule has 2 aromatic rings. The first-order chi connectivity index (χ1) is 12.7. The quantitative estimate of drug-likeness (QED) is 0.265. The maximum atomic E-state index is 12.1. The van der Waals surface area contributed by atoms with E-state index in [-0.39, 0.29) is 16.9 Å². The highest BCUT2D eigenvalue weighted by atomic mass is 16.6. The predicted octanol–water partition coefficient (Wildman–Crippen LogP) is 3.33. The molecule has 0 unspecified atom stereocenters. The van der Waals surface area contributed by atoms with Gasteiger partial charge in [-0.25, -0.2) is 0 Å². The van der Waals surface area contributed by atoms with E-state index in [1.165, 1.54) is 31.4 Å². The number of ketones is 1. The Labute approximate surface area is 155 Å². The fourth-order valence-electron chi connectivity index (χ4n) is 2.29. The first-order valence-corrected chi connectivity index (χ1v) is 7.89. The smallest absolute Gasteiger partial charge is 0.296 e. The molecule has 2 rings (SSSR count). The summed E-state index contributed by atoms with van der Waals surface area (Å²) >= 11 is 0. The normalized spacial score (nSPS) is 11.0. The maximum Gasteiger partial charge on any atom is 0.296 e. The number of methoxy groups -OCH3 is 1. The van der Waals surface area contributed by atoms with Gasteiger partial charge in [0, 0.05) is 17.7 Å². The molecule has 8 nitrogen and oxygen atoms in total. The molecular weight excluding hydrogens is 352 g/mol. The van der Waals surface area contributed by atoms with Gasteiger partial charge in [-0.05, 0) is 43.2 Å². The van der Waals surface area contributed by atoms with Crippen LogP contribution in [0.25, 0.3) is 5.76 Å². The van der Waals surface area contributed by atoms with Crippen LogP contribution in [0.4, 0.5) is 11.4 Å². The monoisotopic (exact) mass is 370 g/mol. The van der Waals surface area contributed by atoms with E-state index < -0.39 is 22.4 Å². The van der Waals surface area contributed by atoms with Crippen molar-refractivity contribution in [1.82, 2.24) is 0 Å². The number of nitrogens with zero attached hydrogens (tertiary/aromatic N) is 1. The molecule has 2 N–H and O–H groups in total. The zero-order chi connectivity index (χ0) is 20.1. The Bertz CT molecular complexity index is 949. The number of carbonyl (C=O) groups is 2. The molecule has 0 atom stereocenters. The van der Waals surface area contributed by atoms with Crippen molar-refractivity contribution in [1.29, 1.82) is 0 Å². The number of hydrogen-bond donors (Lipinski definition) is 2. The largest absolute Gasteiger partial charge is 0.507 e. The van der Waals surface area contributed by atoms with Gasteiger partial charge in [0.05, 0.1) is 12.0 Å². The lowest BCUT2D eigenvalue weighted by atomic mass is 10.1. The van der Waals surface area contributed by atoms with E-state index in [2.05, 4.69) is 5.32 Å². The topological polar surface area (TPSA) is 119 Å². The summed E-state index contributed by atoms with van der Waals surface area (Å²) in [6.45, 7) is 3.43. The molecular formula is C19H18N2O6. The lowest BCUT2D eigenvalue weighted by Gasteiger charge is -2.08. The van der Waals surface area contributed by atoms with Gasteiger partial charge in [-0.1, -0.05) is 12.1 Å². The van der Waals surface area contributed by atoms with Crippen LogP contribution in [0, 0.1) is 24.0 Å². The first kappa shape index (κ1) is 19.6. The zero-order valence-electron chi connectivity index (χ0n) is 15.0. The number of aliphatic hydroxyl groups is 1. The lowest BCUT2D eigenvalue weighted by Crippen LogP contribution is -2.22. The highest BCUT2D eigenvalue weighted by Crippen LogP contribution is 2.28. The summed E-state index contributed by atoms with van der Waals surface area (Å²) in [6.07, 6.45) is 0.747. The Morgan fingerprint density at radius 2 is 1.85 bits per heavy atom. The van der Waals surface area contributed by atoms with Gasteiger partial charge in [-0.3, -0.25) is 19.7 Å². The number of ether oxygens (including phenoxy) is 1. The van der Waals surface area contributed by atoms with Crippen molar-refractivity contribution >= 4 is 28.8 Å². The second kappa shape index (κ2) is 8.13. The van der Waals surface area contributed by atoms with Crippen LogP contribution in [0.1, 0.15) is 16.7 Å². The Hall–Kier alpha value is -3.68. The van der Waals surface area contributed by atoms with E-state index in [0.717, 1.165) is 11.6 Å². The number of rotatable bonds is 6. The van der Waals surface area contributed by atoms with Crippen LogP contribution in [-0.4, -0.2) is 28.8 Å². The van der Waals surface area contributed by atoms with Crippen molar-refractivity contribution in [3.05, 3.63) is 69.3 Å². The summed E-state index contributed by atoms with van der Waals surface area (Å²) in [7, 11) is 1.45. The Morgan fingerprint density at radius 3 is 2.48 bits per heavy atom. The number of benzene rings is 2. The van der Waals surface area contributed by atoms with Gasteiger partial charge in [0.15, 0.2) is 0 Å². The molecule has 1 amide bonds. The number of nitro groups is 1. The number of aliphatic hydroxyl groups excluding tert-OH is 1. The third kappa shape index (κ3) is 4.69. The lowest BCUT2D eigenvalue weighted by molar-refractivity contribution is -0.384. The van der Waals surface area contributed by atoms with Gasteiger partial charge < -0.3 is 15.2 Å². The fourth-order valence-corrected chi connectivity index (χ4v) is 2.29. The molecule has 0 heterocycles. The molecule has 0 radical (unpaired) electrons. The molecule has 0 aliphatic rings. The third-order valence-corrected chi connectivity index (χ3v) is 3.91. The van der Waals surface area contributed by atoms with Gasteiger partial charge in [0.1, 0.15) is 17.2 Å². The standard InChI is InChI=1S/C19H18N2O6/c1-11-7-15(16(21(25)26)8-12(11)2)20-19(24)18(23)10-17(22)13-5-4-6-14(9-13)27-3/h4-10,22H,1-3H3,(H,20,24)/b17-10-. The molecule has 27 heavy (non-hydrogen) atoms. The molecule has 8 heteroatoms. The van der Waals surface area contributed by atoms with E-state index in [0.29, 0.717) is 11.3 Å². The van der Waals surface area contributed by atoms with Crippen LogP contribution in [0.15, 0.2) is 42.5 Å². The molecule has 0 bridgehead atoms. The molecule has 2 aromatic carbocycles. The van der Waals surface area contributed by atoms with Crippen LogP contribution in [0.5, 0.6) is 5.75 Å². The number of aryl methyl sites for hydroxylation is 2. The molecule has 140 valence electrons. The predicted molar refractivity (Wildman–Crippen MR) is 99.8 cm³/mol. The van der Waals surface area contributed by atoms with Crippen LogP contribution in [0.3, 0.4) is 0 Å². The minimum absolute atomic E-state index is 0.0873. The number of carbonyl (C=O) groups excluding carboxylic acids is 2. The molecule has 0 saturated carbocycles. The number of anilines is 1. The average Bonchev–Trinajstić information content (AvgIpc) is 2.64. The van der Waals surface area contributed by atoms with Gasteiger partial charge in [0.2, 0.25) is 5.78 Å². The van der Waals surface area contributed by atoms with Crippen molar-refractivity contribution in [3.63, 3.8) is 0 Å². The number of amides is 1. The number of nitrogens with one attached hydrogen (secondary N) is 1. The van der Waals surface area contributed by atoms with Crippen molar-refractivity contribution in [2.24, 2.45) is 0 Å². The maximum absolute atomic E-state index is 12.1. The third-order valence-electron chi connectivity index (χ3n) is 3.91. The summed E-state index contributed by atoms with van der Waals surface area (Å²) in [5, 5.41) is 23.4. The molecule has 0 fully saturated rings. The van der Waals surface area contributed by atoms with Crippen LogP contribution in [0.2, 0.25) is 0 Å². The van der Waals surface area contributed by atoms with Gasteiger partial charge in [-0.2, -0.15) is 0 Å². The highest BCUT2D eigenvalue weighted by Gasteiger charge is 2.20. The Balaban J connectivity index is 2.24. The minimum atomic E-state index is -1.10. The average molecular weight is 370 g/mol. The van der Waals surface area contributed by atoms with Crippen molar-refractivity contribution < 1.29 is 24.4 Å². The zero-order valence-corrected chi connectivity index (χ0v) is 15.0. The van der Waals surface area contributed by atoms with Crippen LogP contribution >= 0.6 is 0 Å². The first-order valence-electron chi connectivity index (χ1n) is 7.89. The summed E-state index contributed by atoms with van der Waals surface area (Å²) in [6, 6.07) is 9.04. The van der Waals surface area contributed by atoms with E-state index in [9.17, 15) is 24.8 Å². The summed E-state index contributed by atoms with van der Waals surface area (Å²) in [5.41, 5.74) is 1.28.